The largest absolute Gasteiger partial charge is 0.399 e. The number of aromatic nitrogens is 6. The van der Waals surface area contributed by atoms with E-state index in [0.717, 1.165) is 84.7 Å². The van der Waals surface area contributed by atoms with Crippen LogP contribution in [0.3, 0.4) is 0 Å². The molecule has 212 valence electrons. The molecule has 0 aliphatic carbocycles. The van der Waals surface area contributed by atoms with Crippen molar-refractivity contribution in [2.45, 2.75) is 18.9 Å². The van der Waals surface area contributed by atoms with Gasteiger partial charge in [0.1, 0.15) is 5.82 Å². The molecule has 0 atom stereocenters. The van der Waals surface area contributed by atoms with E-state index < -0.39 is 10.0 Å². The number of anilines is 2. The molecule has 0 unspecified atom stereocenters. The van der Waals surface area contributed by atoms with Gasteiger partial charge in [0, 0.05) is 69.2 Å². The molecule has 0 bridgehead atoms. The van der Waals surface area contributed by atoms with Crippen LogP contribution in [0.1, 0.15) is 12.8 Å². The third-order valence-electron chi connectivity index (χ3n) is 7.90. The van der Waals surface area contributed by atoms with Gasteiger partial charge in [0.2, 0.25) is 0 Å². The first kappa shape index (κ1) is 26.9. The van der Waals surface area contributed by atoms with Crippen LogP contribution in [-0.2, 0) is 17.1 Å². The van der Waals surface area contributed by atoms with Crippen molar-refractivity contribution in [3.05, 3.63) is 35.7 Å². The first-order valence-electron chi connectivity index (χ1n) is 13.3. The Morgan fingerprint density at radius 3 is 2.42 bits per heavy atom. The number of piperidine rings is 1. The van der Waals surface area contributed by atoms with E-state index in [-0.39, 0.29) is 5.02 Å². The normalized spacial score (nSPS) is 18.1. The maximum absolute atomic E-state index is 12.0. The zero-order chi connectivity index (χ0) is 28.2. The molecule has 2 aliphatic heterocycles. The maximum atomic E-state index is 12.0. The number of hydrogen-bond acceptors (Lipinski definition) is 10. The molecular formula is C26H33ClN10O2S. The highest BCUT2D eigenvalue weighted by Gasteiger charge is 2.30. The van der Waals surface area contributed by atoms with Crippen LogP contribution < -0.4 is 10.6 Å². The van der Waals surface area contributed by atoms with Gasteiger partial charge in [-0.2, -0.15) is 14.3 Å². The molecule has 5 heterocycles. The van der Waals surface area contributed by atoms with Gasteiger partial charge in [-0.15, -0.1) is 0 Å². The monoisotopic (exact) mass is 584 g/mol. The number of halogens is 1. The predicted octanol–water partition coefficient (Wildman–Crippen LogP) is 2.15. The van der Waals surface area contributed by atoms with E-state index >= 15 is 0 Å². The van der Waals surface area contributed by atoms with Crippen molar-refractivity contribution in [3.8, 4) is 22.6 Å². The molecule has 2 aliphatic rings. The van der Waals surface area contributed by atoms with Crippen molar-refractivity contribution >= 4 is 44.0 Å². The summed E-state index contributed by atoms with van der Waals surface area (Å²) in [5.74, 6) is 1.43. The molecule has 0 amide bonds. The van der Waals surface area contributed by atoms with Gasteiger partial charge in [-0.3, -0.25) is 9.58 Å². The number of rotatable bonds is 5. The van der Waals surface area contributed by atoms with E-state index in [4.69, 9.17) is 27.4 Å². The van der Waals surface area contributed by atoms with Crippen molar-refractivity contribution in [1.82, 2.24) is 38.7 Å². The van der Waals surface area contributed by atoms with Crippen molar-refractivity contribution in [3.63, 3.8) is 0 Å². The highest BCUT2D eigenvalue weighted by molar-refractivity contribution is 7.89. The Morgan fingerprint density at radius 1 is 1.02 bits per heavy atom. The minimum Gasteiger partial charge on any atom is -0.399 e. The second-order valence-electron chi connectivity index (χ2n) is 10.7. The molecule has 2 fully saturated rings. The highest BCUT2D eigenvalue weighted by atomic mass is 35.5. The minimum atomic E-state index is -3.55. The van der Waals surface area contributed by atoms with Crippen LogP contribution in [0.15, 0.2) is 30.7 Å². The Morgan fingerprint density at radius 2 is 1.75 bits per heavy atom. The molecule has 3 aromatic heterocycles. The number of nitrogens with zero attached hydrogens (tertiary/aromatic N) is 9. The second-order valence-corrected chi connectivity index (χ2v) is 13.0. The lowest BCUT2D eigenvalue weighted by Gasteiger charge is -2.42. The number of likely N-dealkylation sites (N-methyl/N-ethyl adjacent to an activating group) is 1. The SMILES string of the molecule is CN1CCN(C2CCN(c3c4c(-c5ncc(Cl)c(-c6cnn(S(C)(=O)=O)c6)n5)cc(N)cc4nn3C)CC2)CC1. The van der Waals surface area contributed by atoms with Gasteiger partial charge in [0.05, 0.1) is 46.5 Å². The Balaban J connectivity index is 1.36. The molecule has 0 saturated carbocycles. The number of fused-ring (bicyclic) bond motifs is 1. The van der Waals surface area contributed by atoms with Gasteiger partial charge in [0.15, 0.2) is 5.82 Å². The van der Waals surface area contributed by atoms with Crippen LogP contribution >= 0.6 is 11.6 Å². The van der Waals surface area contributed by atoms with Gasteiger partial charge < -0.3 is 15.5 Å². The van der Waals surface area contributed by atoms with Crippen molar-refractivity contribution in [1.29, 1.82) is 0 Å². The summed E-state index contributed by atoms with van der Waals surface area (Å²) >= 11 is 6.47. The lowest BCUT2D eigenvalue weighted by atomic mass is 10.0. The fraction of sp³-hybridized carbons (Fsp3) is 0.462. The molecule has 0 radical (unpaired) electrons. The molecule has 1 aromatic carbocycles. The van der Waals surface area contributed by atoms with Crippen LogP contribution in [0.5, 0.6) is 0 Å². The summed E-state index contributed by atoms with van der Waals surface area (Å²) in [5.41, 5.74) is 9.21. The fourth-order valence-electron chi connectivity index (χ4n) is 5.81. The number of nitrogen functional groups attached to an aromatic ring is 1. The minimum absolute atomic E-state index is 0.286. The van der Waals surface area contributed by atoms with E-state index in [2.05, 4.69) is 31.8 Å². The van der Waals surface area contributed by atoms with Gasteiger partial charge >= 0.3 is 0 Å². The number of hydrogen-bond donors (Lipinski definition) is 1. The lowest BCUT2D eigenvalue weighted by molar-refractivity contribution is 0.0981. The Bertz CT molecular complexity index is 1670. The number of nitrogens with two attached hydrogens (primary N) is 1. The van der Waals surface area contributed by atoms with Crippen LogP contribution in [0.25, 0.3) is 33.5 Å². The smallest absolute Gasteiger partial charge is 0.250 e. The molecule has 6 rings (SSSR count). The molecule has 0 spiro atoms. The first-order valence-corrected chi connectivity index (χ1v) is 15.5. The van der Waals surface area contributed by atoms with Crippen LogP contribution in [0, 0.1) is 0 Å². The average molecular weight is 585 g/mol. The number of piperazine rings is 1. The summed E-state index contributed by atoms with van der Waals surface area (Å²) in [6.07, 6.45) is 7.59. The summed E-state index contributed by atoms with van der Waals surface area (Å²) in [6.45, 7) is 6.34. The molecule has 40 heavy (non-hydrogen) atoms. The summed E-state index contributed by atoms with van der Waals surface area (Å²) in [5, 5.41) is 9.97. The highest BCUT2D eigenvalue weighted by Crippen LogP contribution is 2.38. The molecule has 2 N–H and O–H groups in total. The van der Waals surface area contributed by atoms with Gasteiger partial charge in [0.25, 0.3) is 10.0 Å². The topological polar surface area (TPSA) is 131 Å². The third kappa shape index (κ3) is 5.02. The summed E-state index contributed by atoms with van der Waals surface area (Å²) < 4.78 is 26.7. The number of aryl methyl sites for hydroxylation is 1. The Kier molecular flexibility index (Phi) is 6.93. The van der Waals surface area contributed by atoms with Crippen molar-refractivity contribution in [2.24, 2.45) is 7.05 Å². The predicted molar refractivity (Wildman–Crippen MR) is 157 cm³/mol. The quantitative estimate of drug-likeness (QED) is 0.348. The number of benzene rings is 1. The molecular weight excluding hydrogens is 552 g/mol. The van der Waals surface area contributed by atoms with Gasteiger partial charge in [-0.25, -0.2) is 18.4 Å². The summed E-state index contributed by atoms with van der Waals surface area (Å²) in [4.78, 5) is 16.7. The van der Waals surface area contributed by atoms with Crippen LogP contribution in [0.4, 0.5) is 11.5 Å². The van der Waals surface area contributed by atoms with Gasteiger partial charge in [-0.05, 0) is 32.0 Å². The zero-order valence-electron chi connectivity index (χ0n) is 22.8. The average Bonchev–Trinajstić information content (AvgIpc) is 3.54. The summed E-state index contributed by atoms with van der Waals surface area (Å²) in [6, 6.07) is 4.32. The lowest BCUT2D eigenvalue weighted by Crippen LogP contribution is -2.52. The summed E-state index contributed by atoms with van der Waals surface area (Å²) in [7, 11) is 0.594. The standard InChI is InChI=1S/C26H33ClN10O2S/c1-33-8-10-35(11-9-33)19-4-6-36(7-5-19)26-23-20(12-18(28)13-22(23)32-34(26)2)25-29-15-21(27)24(31-25)17-14-30-37(16-17)40(3,38)39/h12-16,19H,4-11,28H2,1-3H3. The van der Waals surface area contributed by atoms with E-state index in [1.165, 1.54) is 18.6 Å². The maximum Gasteiger partial charge on any atom is 0.250 e. The van der Waals surface area contributed by atoms with E-state index in [0.29, 0.717) is 28.8 Å². The van der Waals surface area contributed by atoms with Crippen LogP contribution in [0.2, 0.25) is 5.02 Å². The molecule has 4 aromatic rings. The second kappa shape index (κ2) is 10.3. The van der Waals surface area contributed by atoms with Crippen LogP contribution in [-0.4, -0.2) is 106 Å². The Hall–Kier alpha value is -3.26. The van der Waals surface area contributed by atoms with E-state index in [1.54, 1.807) is 0 Å². The zero-order valence-corrected chi connectivity index (χ0v) is 24.4. The molecule has 2 saturated heterocycles. The van der Waals surface area contributed by atoms with E-state index in [9.17, 15) is 8.42 Å². The van der Waals surface area contributed by atoms with Gasteiger partial charge in [-0.1, -0.05) is 11.6 Å². The molecule has 14 heteroatoms. The third-order valence-corrected chi connectivity index (χ3v) is 9.06. The fourth-order valence-corrected chi connectivity index (χ4v) is 6.53. The Labute approximate surface area is 238 Å². The van der Waals surface area contributed by atoms with E-state index in [1.807, 2.05) is 23.9 Å². The van der Waals surface area contributed by atoms with Crippen molar-refractivity contribution in [2.75, 3.05) is 63.2 Å². The molecule has 12 nitrogen and oxygen atoms in total. The first-order chi connectivity index (χ1) is 19.1. The van der Waals surface area contributed by atoms with Crippen molar-refractivity contribution < 1.29 is 8.42 Å².